The van der Waals surface area contributed by atoms with Crippen molar-refractivity contribution < 1.29 is 4.42 Å². The van der Waals surface area contributed by atoms with E-state index in [1.54, 1.807) is 0 Å². The third-order valence-corrected chi connectivity index (χ3v) is 9.83. The van der Waals surface area contributed by atoms with Crippen molar-refractivity contribution in [2.24, 2.45) is 0 Å². The Hall–Kier alpha value is -5.64. The maximum Gasteiger partial charge on any atom is 0.137 e. The Morgan fingerprint density at radius 3 is 1.87 bits per heavy atom. The highest BCUT2D eigenvalue weighted by Gasteiger charge is 2.20. The minimum Gasteiger partial charge on any atom is -0.456 e. The fraction of sp³-hybridized carbons (Fsp3) is 0. The first-order valence-corrected chi connectivity index (χ1v) is 16.0. The van der Waals surface area contributed by atoms with Crippen molar-refractivity contribution in [1.29, 1.82) is 0 Å². The number of rotatable bonds is 5. The van der Waals surface area contributed by atoms with E-state index in [1.165, 1.54) is 42.4 Å². The van der Waals surface area contributed by atoms with Crippen LogP contribution in [0.4, 0.5) is 17.1 Å². The molecule has 212 valence electrons. The zero-order chi connectivity index (χ0) is 29.7. The molecule has 0 aliphatic carbocycles. The number of furan rings is 1. The van der Waals surface area contributed by atoms with Gasteiger partial charge in [0.1, 0.15) is 11.2 Å². The van der Waals surface area contributed by atoms with Crippen LogP contribution in [-0.2, 0) is 0 Å². The minimum absolute atomic E-state index is 0.884. The van der Waals surface area contributed by atoms with Gasteiger partial charge in [-0.2, -0.15) is 0 Å². The van der Waals surface area contributed by atoms with Gasteiger partial charge in [-0.15, -0.1) is 11.3 Å². The molecule has 9 aromatic rings. The van der Waals surface area contributed by atoms with Crippen LogP contribution in [0.5, 0.6) is 0 Å². The van der Waals surface area contributed by atoms with Gasteiger partial charge in [0.25, 0.3) is 0 Å². The molecule has 0 unspecified atom stereocenters. The van der Waals surface area contributed by atoms with Crippen LogP contribution in [0.15, 0.2) is 168 Å². The Morgan fingerprint density at radius 2 is 1.04 bits per heavy atom. The standard InChI is InChI=1S/C42H27NOS/c1-2-11-28(12-3-1)32-13-4-5-14-33(32)29-21-23-30(24-22-29)43(31-25-26-35-34-15-6-8-18-38(34)44-39(35)27-31)37-17-10-20-41-42(37)36-16-7-9-19-40(36)45-41/h1-27H. The van der Waals surface area contributed by atoms with E-state index in [4.69, 9.17) is 4.42 Å². The van der Waals surface area contributed by atoms with E-state index in [0.29, 0.717) is 0 Å². The van der Waals surface area contributed by atoms with Crippen LogP contribution in [0.25, 0.3) is 64.4 Å². The molecule has 0 radical (unpaired) electrons. The quantitative estimate of drug-likeness (QED) is 0.197. The van der Waals surface area contributed by atoms with Gasteiger partial charge < -0.3 is 9.32 Å². The molecule has 3 heteroatoms. The molecule has 9 rings (SSSR count). The van der Waals surface area contributed by atoms with Gasteiger partial charge in [-0.25, -0.2) is 0 Å². The number of benzene rings is 7. The zero-order valence-corrected chi connectivity index (χ0v) is 25.2. The van der Waals surface area contributed by atoms with Crippen LogP contribution in [-0.4, -0.2) is 0 Å². The summed E-state index contributed by atoms with van der Waals surface area (Å²) in [7, 11) is 0. The van der Waals surface area contributed by atoms with Crippen LogP contribution in [0.1, 0.15) is 0 Å². The van der Waals surface area contributed by atoms with Crippen molar-refractivity contribution in [3.8, 4) is 22.3 Å². The van der Waals surface area contributed by atoms with E-state index in [0.717, 1.165) is 39.0 Å². The SMILES string of the molecule is c1ccc(-c2ccccc2-c2ccc(N(c3ccc4c(c3)oc3ccccc34)c3cccc4sc5ccccc5c34)cc2)cc1. The van der Waals surface area contributed by atoms with Crippen molar-refractivity contribution in [2.75, 3.05) is 4.90 Å². The van der Waals surface area contributed by atoms with Crippen LogP contribution < -0.4 is 4.90 Å². The Labute approximate surface area is 265 Å². The summed E-state index contributed by atoms with van der Waals surface area (Å²) in [5.74, 6) is 0. The van der Waals surface area contributed by atoms with Crippen LogP contribution in [0, 0.1) is 0 Å². The first-order valence-electron chi connectivity index (χ1n) is 15.2. The van der Waals surface area contributed by atoms with Crippen LogP contribution >= 0.6 is 11.3 Å². The highest BCUT2D eigenvalue weighted by Crippen LogP contribution is 2.46. The van der Waals surface area contributed by atoms with Crippen molar-refractivity contribution in [3.63, 3.8) is 0 Å². The molecule has 2 nitrogen and oxygen atoms in total. The Bertz CT molecular complexity index is 2490. The summed E-state index contributed by atoms with van der Waals surface area (Å²) in [5, 5.41) is 4.80. The van der Waals surface area contributed by atoms with Gasteiger partial charge >= 0.3 is 0 Å². The first-order chi connectivity index (χ1) is 22.3. The highest BCUT2D eigenvalue weighted by molar-refractivity contribution is 7.26. The van der Waals surface area contributed by atoms with Gasteiger partial charge in [0.2, 0.25) is 0 Å². The molecule has 2 aromatic heterocycles. The van der Waals surface area contributed by atoms with Crippen molar-refractivity contribution in [2.45, 2.75) is 0 Å². The van der Waals surface area contributed by atoms with Crippen LogP contribution in [0.2, 0.25) is 0 Å². The second kappa shape index (κ2) is 10.5. The Kier molecular flexibility index (Phi) is 6.03. The van der Waals surface area contributed by atoms with Gasteiger partial charge in [0.15, 0.2) is 0 Å². The number of nitrogens with zero attached hydrogens (tertiary/aromatic N) is 1. The predicted molar refractivity (Wildman–Crippen MR) is 192 cm³/mol. The number of hydrogen-bond acceptors (Lipinski definition) is 3. The smallest absolute Gasteiger partial charge is 0.137 e. The van der Waals surface area contributed by atoms with E-state index in [1.807, 2.05) is 23.5 Å². The van der Waals surface area contributed by atoms with Gasteiger partial charge in [0, 0.05) is 48.4 Å². The number of para-hydroxylation sites is 1. The molecule has 2 heterocycles. The van der Waals surface area contributed by atoms with Crippen molar-refractivity contribution >= 4 is 70.5 Å². The van der Waals surface area contributed by atoms with Crippen LogP contribution in [0.3, 0.4) is 0 Å². The Balaban J connectivity index is 1.24. The fourth-order valence-corrected chi connectivity index (χ4v) is 7.74. The second-order valence-corrected chi connectivity index (χ2v) is 12.4. The summed E-state index contributed by atoms with van der Waals surface area (Å²) in [4.78, 5) is 2.38. The molecule has 0 aliphatic rings. The van der Waals surface area contributed by atoms with E-state index in [-0.39, 0.29) is 0 Å². The molecule has 0 N–H and O–H groups in total. The predicted octanol–water partition coefficient (Wildman–Crippen LogP) is 12.8. The lowest BCUT2D eigenvalue weighted by molar-refractivity contribution is 0.669. The monoisotopic (exact) mass is 593 g/mol. The maximum atomic E-state index is 6.37. The summed E-state index contributed by atoms with van der Waals surface area (Å²) in [5.41, 5.74) is 9.94. The molecule has 45 heavy (non-hydrogen) atoms. The molecule has 0 fully saturated rings. The third-order valence-electron chi connectivity index (χ3n) is 8.69. The van der Waals surface area contributed by atoms with E-state index >= 15 is 0 Å². The first kappa shape index (κ1) is 25.8. The normalized spacial score (nSPS) is 11.6. The summed E-state index contributed by atoms with van der Waals surface area (Å²) < 4.78 is 8.93. The lowest BCUT2D eigenvalue weighted by atomic mass is 9.94. The van der Waals surface area contributed by atoms with Crippen molar-refractivity contribution in [1.82, 2.24) is 0 Å². The number of anilines is 3. The lowest BCUT2D eigenvalue weighted by Crippen LogP contribution is -2.10. The largest absolute Gasteiger partial charge is 0.456 e. The van der Waals surface area contributed by atoms with Gasteiger partial charge in [0.05, 0.1) is 5.69 Å². The summed E-state index contributed by atoms with van der Waals surface area (Å²) in [6.07, 6.45) is 0. The molecular formula is C42H27NOS. The topological polar surface area (TPSA) is 16.4 Å². The number of hydrogen-bond donors (Lipinski definition) is 0. The van der Waals surface area contributed by atoms with E-state index in [2.05, 4.69) is 157 Å². The average molecular weight is 594 g/mol. The molecule has 0 amide bonds. The summed E-state index contributed by atoms with van der Waals surface area (Å²) in [6.45, 7) is 0. The van der Waals surface area contributed by atoms with Gasteiger partial charge in [-0.1, -0.05) is 109 Å². The molecule has 0 saturated carbocycles. The van der Waals surface area contributed by atoms with Gasteiger partial charge in [-0.05, 0) is 70.8 Å². The number of thiophene rings is 1. The Morgan fingerprint density at radius 1 is 0.422 bits per heavy atom. The zero-order valence-electron chi connectivity index (χ0n) is 24.4. The van der Waals surface area contributed by atoms with Crippen molar-refractivity contribution in [3.05, 3.63) is 164 Å². The van der Waals surface area contributed by atoms with E-state index in [9.17, 15) is 0 Å². The molecule has 7 aromatic carbocycles. The molecule has 0 bridgehead atoms. The molecular weight excluding hydrogens is 567 g/mol. The molecule has 0 spiro atoms. The van der Waals surface area contributed by atoms with E-state index < -0.39 is 0 Å². The molecule has 0 atom stereocenters. The highest BCUT2D eigenvalue weighted by atomic mass is 32.1. The summed E-state index contributed by atoms with van der Waals surface area (Å²) in [6, 6.07) is 58.4. The fourth-order valence-electron chi connectivity index (χ4n) is 6.62. The minimum atomic E-state index is 0.884. The van der Waals surface area contributed by atoms with Gasteiger partial charge in [-0.3, -0.25) is 0 Å². The third kappa shape index (κ3) is 4.32. The number of fused-ring (bicyclic) bond motifs is 6. The molecule has 0 saturated heterocycles. The maximum absolute atomic E-state index is 6.37. The summed E-state index contributed by atoms with van der Waals surface area (Å²) >= 11 is 1.84. The second-order valence-electron chi connectivity index (χ2n) is 11.3. The lowest BCUT2D eigenvalue weighted by Gasteiger charge is -2.27. The molecule has 0 aliphatic heterocycles. The average Bonchev–Trinajstić information content (AvgIpc) is 3.68.